The highest BCUT2D eigenvalue weighted by atomic mass is 35.5. The van der Waals surface area contributed by atoms with Crippen molar-refractivity contribution in [3.05, 3.63) is 29.8 Å². The third-order valence-electron chi connectivity index (χ3n) is 2.73. The summed E-state index contributed by atoms with van der Waals surface area (Å²) < 4.78 is 5.59. The SMILES string of the molecule is CNCCC(=O)NC(C)c1ccc(OC(C)C)cc1.Cl. The van der Waals surface area contributed by atoms with Crippen molar-refractivity contribution < 1.29 is 9.53 Å². The van der Waals surface area contributed by atoms with Crippen LogP contribution >= 0.6 is 12.4 Å². The molecule has 0 saturated carbocycles. The van der Waals surface area contributed by atoms with E-state index in [4.69, 9.17) is 4.74 Å². The molecule has 1 aromatic carbocycles. The van der Waals surface area contributed by atoms with E-state index in [-0.39, 0.29) is 30.5 Å². The highest BCUT2D eigenvalue weighted by Crippen LogP contribution is 2.18. The molecule has 1 amide bonds. The molecule has 2 N–H and O–H groups in total. The van der Waals surface area contributed by atoms with Crippen molar-refractivity contribution in [3.8, 4) is 5.75 Å². The van der Waals surface area contributed by atoms with Gasteiger partial charge in [-0.3, -0.25) is 4.79 Å². The molecule has 114 valence electrons. The minimum absolute atomic E-state index is 0. The van der Waals surface area contributed by atoms with Gasteiger partial charge in [0.2, 0.25) is 5.91 Å². The van der Waals surface area contributed by atoms with E-state index >= 15 is 0 Å². The number of benzene rings is 1. The third-order valence-corrected chi connectivity index (χ3v) is 2.73. The Hall–Kier alpha value is -1.26. The zero-order valence-electron chi connectivity index (χ0n) is 12.6. The number of rotatable bonds is 7. The lowest BCUT2D eigenvalue weighted by Crippen LogP contribution is -2.29. The fourth-order valence-electron chi connectivity index (χ4n) is 1.74. The van der Waals surface area contributed by atoms with E-state index in [9.17, 15) is 4.79 Å². The number of halogens is 1. The van der Waals surface area contributed by atoms with Gasteiger partial charge in [-0.25, -0.2) is 0 Å². The van der Waals surface area contributed by atoms with Crippen molar-refractivity contribution in [1.82, 2.24) is 10.6 Å². The first kappa shape index (κ1) is 18.7. The number of ether oxygens (including phenoxy) is 1. The van der Waals surface area contributed by atoms with Gasteiger partial charge in [-0.2, -0.15) is 0 Å². The van der Waals surface area contributed by atoms with E-state index < -0.39 is 0 Å². The standard InChI is InChI=1S/C15H24N2O2.ClH/c1-11(2)19-14-7-5-13(6-8-14)12(3)17-15(18)9-10-16-4;/h5-8,11-12,16H,9-10H2,1-4H3,(H,17,18);1H. The highest BCUT2D eigenvalue weighted by Gasteiger charge is 2.09. The predicted octanol–water partition coefficient (Wildman–Crippen LogP) is 2.68. The Morgan fingerprint density at radius 1 is 1.20 bits per heavy atom. The molecule has 0 radical (unpaired) electrons. The van der Waals surface area contributed by atoms with Gasteiger partial charge in [0, 0.05) is 13.0 Å². The zero-order chi connectivity index (χ0) is 14.3. The Kier molecular flexibility index (Phi) is 9.01. The van der Waals surface area contributed by atoms with E-state index in [1.807, 2.05) is 52.1 Å². The van der Waals surface area contributed by atoms with Crippen LogP contribution in [0.1, 0.15) is 38.8 Å². The van der Waals surface area contributed by atoms with Crippen molar-refractivity contribution in [2.24, 2.45) is 0 Å². The Morgan fingerprint density at radius 3 is 2.30 bits per heavy atom. The van der Waals surface area contributed by atoms with E-state index in [0.29, 0.717) is 13.0 Å². The summed E-state index contributed by atoms with van der Waals surface area (Å²) in [6, 6.07) is 7.86. The topological polar surface area (TPSA) is 50.4 Å². The summed E-state index contributed by atoms with van der Waals surface area (Å²) in [4.78, 5) is 11.6. The van der Waals surface area contributed by atoms with Crippen LogP contribution in [0.15, 0.2) is 24.3 Å². The molecule has 0 saturated heterocycles. The van der Waals surface area contributed by atoms with Crippen LogP contribution in [0.4, 0.5) is 0 Å². The normalized spacial score (nSPS) is 11.7. The molecule has 0 spiro atoms. The van der Waals surface area contributed by atoms with Crippen molar-refractivity contribution >= 4 is 18.3 Å². The molecule has 1 atom stereocenters. The van der Waals surface area contributed by atoms with E-state index in [0.717, 1.165) is 11.3 Å². The Labute approximate surface area is 127 Å². The first-order valence-electron chi connectivity index (χ1n) is 6.73. The monoisotopic (exact) mass is 300 g/mol. The van der Waals surface area contributed by atoms with Gasteiger partial charge in [-0.15, -0.1) is 12.4 Å². The average molecular weight is 301 g/mol. The number of hydrogen-bond acceptors (Lipinski definition) is 3. The Morgan fingerprint density at radius 2 is 1.80 bits per heavy atom. The van der Waals surface area contributed by atoms with Gasteiger partial charge in [0.15, 0.2) is 0 Å². The van der Waals surface area contributed by atoms with E-state index in [1.165, 1.54) is 0 Å². The third kappa shape index (κ3) is 6.78. The molecule has 0 aliphatic carbocycles. The summed E-state index contributed by atoms with van der Waals surface area (Å²) in [7, 11) is 1.84. The highest BCUT2D eigenvalue weighted by molar-refractivity contribution is 5.85. The fraction of sp³-hybridized carbons (Fsp3) is 0.533. The first-order chi connectivity index (χ1) is 9.02. The van der Waals surface area contributed by atoms with E-state index in [1.54, 1.807) is 0 Å². The lowest BCUT2D eigenvalue weighted by molar-refractivity contribution is -0.121. The summed E-state index contributed by atoms with van der Waals surface area (Å²) in [6.45, 7) is 6.67. The molecular formula is C15H25ClN2O2. The van der Waals surface area contributed by atoms with Gasteiger partial charge in [-0.1, -0.05) is 12.1 Å². The van der Waals surface area contributed by atoms with Crippen LogP contribution in [0, 0.1) is 0 Å². The first-order valence-corrected chi connectivity index (χ1v) is 6.73. The van der Waals surface area contributed by atoms with Crippen LogP contribution in [0.25, 0.3) is 0 Å². The molecule has 1 aromatic rings. The molecule has 1 rings (SSSR count). The number of nitrogens with one attached hydrogen (secondary N) is 2. The van der Waals surface area contributed by atoms with Crippen LogP contribution < -0.4 is 15.4 Å². The van der Waals surface area contributed by atoms with Crippen LogP contribution in [-0.4, -0.2) is 25.6 Å². The largest absolute Gasteiger partial charge is 0.491 e. The minimum Gasteiger partial charge on any atom is -0.491 e. The summed E-state index contributed by atoms with van der Waals surface area (Å²) >= 11 is 0. The van der Waals surface area contributed by atoms with Crippen LogP contribution in [-0.2, 0) is 4.79 Å². The second-order valence-corrected chi connectivity index (χ2v) is 4.88. The van der Waals surface area contributed by atoms with Gasteiger partial charge in [0.05, 0.1) is 12.1 Å². The summed E-state index contributed by atoms with van der Waals surface area (Å²) in [6.07, 6.45) is 0.666. The van der Waals surface area contributed by atoms with Gasteiger partial charge in [-0.05, 0) is 45.5 Å². The van der Waals surface area contributed by atoms with Crippen molar-refractivity contribution in [2.75, 3.05) is 13.6 Å². The molecule has 0 aliphatic heterocycles. The van der Waals surface area contributed by atoms with Crippen molar-refractivity contribution in [2.45, 2.75) is 39.3 Å². The maximum absolute atomic E-state index is 11.6. The number of amides is 1. The molecule has 0 aliphatic rings. The zero-order valence-corrected chi connectivity index (χ0v) is 13.4. The fourth-order valence-corrected chi connectivity index (χ4v) is 1.74. The van der Waals surface area contributed by atoms with Gasteiger partial charge in [0.25, 0.3) is 0 Å². The summed E-state index contributed by atoms with van der Waals surface area (Å²) in [5.74, 6) is 0.914. The maximum atomic E-state index is 11.6. The predicted molar refractivity (Wildman–Crippen MR) is 84.6 cm³/mol. The summed E-state index contributed by atoms with van der Waals surface area (Å²) in [5, 5.41) is 5.93. The molecule has 20 heavy (non-hydrogen) atoms. The van der Waals surface area contributed by atoms with Gasteiger partial charge >= 0.3 is 0 Å². The van der Waals surface area contributed by atoms with E-state index in [2.05, 4.69) is 10.6 Å². The molecule has 1 unspecified atom stereocenters. The van der Waals surface area contributed by atoms with Gasteiger partial charge < -0.3 is 15.4 Å². The van der Waals surface area contributed by atoms with Crippen LogP contribution in [0.5, 0.6) is 5.75 Å². The van der Waals surface area contributed by atoms with Crippen molar-refractivity contribution in [3.63, 3.8) is 0 Å². The Balaban J connectivity index is 0.00000361. The van der Waals surface area contributed by atoms with Crippen LogP contribution in [0.3, 0.4) is 0 Å². The molecule has 5 heteroatoms. The Bertz CT molecular complexity index is 393. The van der Waals surface area contributed by atoms with Crippen molar-refractivity contribution in [1.29, 1.82) is 0 Å². The quantitative estimate of drug-likeness (QED) is 0.814. The smallest absolute Gasteiger partial charge is 0.221 e. The number of hydrogen-bond donors (Lipinski definition) is 2. The number of carbonyl (C=O) groups is 1. The molecule has 0 aromatic heterocycles. The van der Waals surface area contributed by atoms with Crippen LogP contribution in [0.2, 0.25) is 0 Å². The molecule has 0 fully saturated rings. The molecule has 4 nitrogen and oxygen atoms in total. The molecule has 0 bridgehead atoms. The number of carbonyl (C=O) groups excluding carboxylic acids is 1. The lowest BCUT2D eigenvalue weighted by atomic mass is 10.1. The minimum atomic E-state index is 0. The average Bonchev–Trinajstić information content (AvgIpc) is 2.36. The molecular weight excluding hydrogens is 276 g/mol. The lowest BCUT2D eigenvalue weighted by Gasteiger charge is -2.15. The van der Waals surface area contributed by atoms with Gasteiger partial charge in [0.1, 0.15) is 5.75 Å². The summed E-state index contributed by atoms with van der Waals surface area (Å²) in [5.41, 5.74) is 1.08. The second kappa shape index (κ2) is 9.61. The second-order valence-electron chi connectivity index (χ2n) is 4.88. The molecule has 0 heterocycles. The maximum Gasteiger partial charge on any atom is 0.221 e.